The monoisotopic (exact) mass is 336 g/mol. The van der Waals surface area contributed by atoms with Gasteiger partial charge in [-0.05, 0) is 48.7 Å². The lowest BCUT2D eigenvalue weighted by Crippen LogP contribution is -1.90. The van der Waals surface area contributed by atoms with Crippen LogP contribution in [-0.2, 0) is 0 Å². The molecule has 2 heteroatoms. The molecule has 0 aliphatic carbocycles. The third-order valence-corrected chi connectivity index (χ3v) is 4.54. The lowest BCUT2D eigenvalue weighted by Gasteiger charge is -2.12. The van der Waals surface area contributed by atoms with Crippen molar-refractivity contribution in [2.45, 2.75) is 13.8 Å². The molecule has 0 saturated heterocycles. The second-order valence-corrected chi connectivity index (χ2v) is 6.56. The molecule has 0 aliphatic heterocycles. The second-order valence-electron chi connectivity index (χ2n) is 6.56. The van der Waals surface area contributed by atoms with Gasteiger partial charge in [-0.1, -0.05) is 65.7 Å². The number of rotatable bonds is 3. The number of aryl methyl sites for hydroxylation is 2. The van der Waals surface area contributed by atoms with Gasteiger partial charge in [0.1, 0.15) is 0 Å². The summed E-state index contributed by atoms with van der Waals surface area (Å²) >= 11 is 0. The molecule has 0 spiro atoms. The van der Waals surface area contributed by atoms with E-state index in [4.69, 9.17) is 0 Å². The summed E-state index contributed by atoms with van der Waals surface area (Å²) in [4.78, 5) is 9.02. The number of nitrogens with zero attached hydrogens (tertiary/aromatic N) is 2. The average Bonchev–Trinajstić information content (AvgIpc) is 2.70. The van der Waals surface area contributed by atoms with Crippen LogP contribution in [-0.4, -0.2) is 9.97 Å². The van der Waals surface area contributed by atoms with Gasteiger partial charge in [0.15, 0.2) is 0 Å². The third-order valence-electron chi connectivity index (χ3n) is 4.54. The highest BCUT2D eigenvalue weighted by atomic mass is 14.8. The zero-order valence-electron chi connectivity index (χ0n) is 15.0. The number of benzene rings is 2. The number of pyridine rings is 2. The Bertz CT molecular complexity index is 1020. The van der Waals surface area contributed by atoms with Gasteiger partial charge in [0.25, 0.3) is 0 Å². The van der Waals surface area contributed by atoms with E-state index in [0.29, 0.717) is 0 Å². The van der Waals surface area contributed by atoms with Gasteiger partial charge in [-0.15, -0.1) is 0 Å². The van der Waals surface area contributed by atoms with Crippen molar-refractivity contribution < 1.29 is 0 Å². The highest BCUT2D eigenvalue weighted by Crippen LogP contribution is 2.33. The van der Waals surface area contributed by atoms with E-state index in [-0.39, 0.29) is 0 Å². The number of hydrogen-bond donors (Lipinski definition) is 0. The fourth-order valence-electron chi connectivity index (χ4n) is 3.10. The normalized spacial score (nSPS) is 10.7. The van der Waals surface area contributed by atoms with Crippen LogP contribution < -0.4 is 0 Å². The van der Waals surface area contributed by atoms with Crippen molar-refractivity contribution >= 4 is 0 Å². The summed E-state index contributed by atoms with van der Waals surface area (Å²) in [7, 11) is 0. The first-order valence-corrected chi connectivity index (χ1v) is 8.76. The van der Waals surface area contributed by atoms with Gasteiger partial charge in [-0.25, -0.2) is 0 Å². The van der Waals surface area contributed by atoms with E-state index in [1.807, 2.05) is 30.5 Å². The summed E-state index contributed by atoms with van der Waals surface area (Å²) < 4.78 is 0. The zero-order valence-corrected chi connectivity index (χ0v) is 15.0. The Labute approximate surface area is 154 Å². The smallest absolute Gasteiger partial charge is 0.0886 e. The summed E-state index contributed by atoms with van der Waals surface area (Å²) in [5, 5.41) is 0. The maximum atomic E-state index is 4.64. The molecule has 0 amide bonds. The van der Waals surface area contributed by atoms with Crippen LogP contribution in [0.1, 0.15) is 11.1 Å². The molecule has 0 saturated carbocycles. The van der Waals surface area contributed by atoms with Crippen molar-refractivity contribution in [1.29, 1.82) is 0 Å². The first kappa shape index (κ1) is 16.2. The molecule has 2 aromatic carbocycles. The molecule has 0 bridgehead atoms. The van der Waals surface area contributed by atoms with Gasteiger partial charge in [0.05, 0.1) is 11.4 Å². The van der Waals surface area contributed by atoms with Crippen molar-refractivity contribution in [3.63, 3.8) is 0 Å². The second kappa shape index (κ2) is 6.93. The van der Waals surface area contributed by atoms with Gasteiger partial charge in [0, 0.05) is 18.0 Å². The molecule has 4 rings (SSSR count). The molecule has 4 aromatic rings. The van der Waals surface area contributed by atoms with E-state index >= 15 is 0 Å². The van der Waals surface area contributed by atoms with Crippen LogP contribution in [0.4, 0.5) is 0 Å². The number of aromatic nitrogens is 2. The lowest BCUT2D eigenvalue weighted by atomic mass is 9.93. The zero-order chi connectivity index (χ0) is 17.9. The van der Waals surface area contributed by atoms with Gasteiger partial charge in [-0.3, -0.25) is 9.97 Å². The fourth-order valence-corrected chi connectivity index (χ4v) is 3.10. The average molecular weight is 336 g/mol. The van der Waals surface area contributed by atoms with Crippen molar-refractivity contribution in [2.24, 2.45) is 0 Å². The Hall–Kier alpha value is -3.26. The van der Waals surface area contributed by atoms with Crippen LogP contribution in [0, 0.1) is 13.8 Å². The molecule has 2 heterocycles. The molecule has 2 nitrogen and oxygen atoms in total. The minimum Gasteiger partial charge on any atom is -0.255 e. The maximum absolute atomic E-state index is 4.64. The van der Waals surface area contributed by atoms with Crippen molar-refractivity contribution in [3.05, 3.63) is 96.3 Å². The molecule has 0 unspecified atom stereocenters. The molecular formula is C24H20N2. The van der Waals surface area contributed by atoms with Crippen LogP contribution in [0.15, 0.2) is 85.2 Å². The Kier molecular flexibility index (Phi) is 4.32. The van der Waals surface area contributed by atoms with Crippen LogP contribution in [0.5, 0.6) is 0 Å². The quantitative estimate of drug-likeness (QED) is 0.452. The van der Waals surface area contributed by atoms with Crippen molar-refractivity contribution in [3.8, 4) is 33.6 Å². The highest BCUT2D eigenvalue weighted by molar-refractivity contribution is 5.84. The third kappa shape index (κ3) is 3.27. The molecule has 26 heavy (non-hydrogen) atoms. The molecule has 0 aliphatic rings. The van der Waals surface area contributed by atoms with Gasteiger partial charge >= 0.3 is 0 Å². The van der Waals surface area contributed by atoms with E-state index in [9.17, 15) is 0 Å². The Balaban J connectivity index is 1.78. The molecule has 0 fully saturated rings. The van der Waals surface area contributed by atoms with E-state index in [1.165, 1.54) is 27.8 Å². The molecule has 2 aromatic heterocycles. The van der Waals surface area contributed by atoms with Crippen LogP contribution in [0.2, 0.25) is 0 Å². The van der Waals surface area contributed by atoms with Gasteiger partial charge in [0.2, 0.25) is 0 Å². The van der Waals surface area contributed by atoms with Crippen molar-refractivity contribution in [2.75, 3.05) is 0 Å². The first-order valence-electron chi connectivity index (χ1n) is 8.76. The Morgan fingerprint density at radius 1 is 0.577 bits per heavy atom. The topological polar surface area (TPSA) is 25.8 Å². The predicted molar refractivity (Wildman–Crippen MR) is 108 cm³/mol. The van der Waals surface area contributed by atoms with E-state index in [0.717, 1.165) is 17.0 Å². The van der Waals surface area contributed by atoms with Crippen LogP contribution in [0.25, 0.3) is 33.6 Å². The van der Waals surface area contributed by atoms with Gasteiger partial charge < -0.3 is 0 Å². The predicted octanol–water partition coefficient (Wildman–Crippen LogP) is 6.09. The summed E-state index contributed by atoms with van der Waals surface area (Å²) in [6.45, 7) is 4.23. The van der Waals surface area contributed by atoms with Crippen LogP contribution in [0.3, 0.4) is 0 Å². The number of hydrogen-bond acceptors (Lipinski definition) is 2. The lowest BCUT2D eigenvalue weighted by molar-refractivity contribution is 1.25. The fraction of sp³-hybridized carbons (Fsp3) is 0.0833. The summed E-state index contributed by atoms with van der Waals surface area (Å²) in [5.41, 5.74) is 9.05. The summed E-state index contributed by atoms with van der Waals surface area (Å²) in [5.74, 6) is 0. The Morgan fingerprint density at radius 3 is 2.00 bits per heavy atom. The van der Waals surface area contributed by atoms with E-state index < -0.39 is 0 Å². The molecule has 0 N–H and O–H groups in total. The summed E-state index contributed by atoms with van der Waals surface area (Å²) in [6.07, 6.45) is 3.73. The SMILES string of the molecule is Cc1ccc(-c2ccc(C)cc2-c2ccc(-c3ccccn3)nc2)cc1. The van der Waals surface area contributed by atoms with Crippen LogP contribution >= 0.6 is 0 Å². The van der Waals surface area contributed by atoms with E-state index in [1.54, 1.807) is 6.20 Å². The molecule has 126 valence electrons. The molecular weight excluding hydrogens is 316 g/mol. The van der Waals surface area contributed by atoms with Gasteiger partial charge in [-0.2, -0.15) is 0 Å². The highest BCUT2D eigenvalue weighted by Gasteiger charge is 2.09. The largest absolute Gasteiger partial charge is 0.255 e. The maximum Gasteiger partial charge on any atom is 0.0886 e. The first-order chi connectivity index (χ1) is 12.7. The summed E-state index contributed by atoms with van der Waals surface area (Å²) in [6, 6.07) is 25.3. The van der Waals surface area contributed by atoms with E-state index in [2.05, 4.69) is 72.3 Å². The minimum atomic E-state index is 0.888. The van der Waals surface area contributed by atoms with Crippen molar-refractivity contribution in [1.82, 2.24) is 9.97 Å². The molecule has 0 radical (unpaired) electrons. The molecule has 0 atom stereocenters. The minimum absolute atomic E-state index is 0.888. The Morgan fingerprint density at radius 2 is 1.31 bits per heavy atom. The standard InChI is InChI=1S/C24H20N2/c1-17-6-9-19(10-7-17)21-12-8-18(2)15-22(21)20-11-13-24(26-16-20)23-5-3-4-14-25-23/h3-16H,1-2H3.